The van der Waals surface area contributed by atoms with Crippen LogP contribution in [0.5, 0.6) is 0 Å². The molecule has 1 heterocycles. The summed E-state index contributed by atoms with van der Waals surface area (Å²) in [6.07, 6.45) is 9.98. The molecule has 0 bridgehead atoms. The highest BCUT2D eigenvalue weighted by Crippen LogP contribution is 2.31. The molecule has 0 aromatic carbocycles. The van der Waals surface area contributed by atoms with E-state index in [9.17, 15) is 8.42 Å². The fraction of sp³-hybridized carbons (Fsp3) is 0.700. The van der Waals surface area contributed by atoms with Crippen molar-refractivity contribution in [1.82, 2.24) is 9.55 Å². The smallest absolute Gasteiger partial charge is 0.264 e. The second-order valence-corrected chi connectivity index (χ2v) is 5.80. The molecule has 1 fully saturated rings. The summed E-state index contributed by atoms with van der Waals surface area (Å²) in [6, 6.07) is 0.0889. The van der Waals surface area contributed by atoms with Gasteiger partial charge in [-0.05, 0) is 12.8 Å². The molecule has 16 heavy (non-hydrogen) atoms. The zero-order valence-electron chi connectivity index (χ0n) is 9.24. The van der Waals surface area contributed by atoms with Crippen molar-refractivity contribution in [2.24, 2.45) is 0 Å². The number of hydrogen-bond acceptors (Lipinski definition) is 4. The summed E-state index contributed by atoms with van der Waals surface area (Å²) in [5.74, 6) is 0. The molecule has 0 spiro atoms. The van der Waals surface area contributed by atoms with Gasteiger partial charge in [-0.2, -0.15) is 8.42 Å². The van der Waals surface area contributed by atoms with E-state index >= 15 is 0 Å². The number of aromatic nitrogens is 2. The molecule has 6 heteroatoms. The van der Waals surface area contributed by atoms with Crippen molar-refractivity contribution in [3.05, 3.63) is 18.7 Å². The van der Waals surface area contributed by atoms with Gasteiger partial charge in [-0.25, -0.2) is 4.98 Å². The Bertz CT molecular complexity index is 427. The Balaban J connectivity index is 2.15. The van der Waals surface area contributed by atoms with E-state index in [2.05, 4.69) is 4.98 Å². The van der Waals surface area contributed by atoms with E-state index in [1.165, 1.54) is 0 Å². The molecule has 90 valence electrons. The lowest BCUT2D eigenvalue weighted by Gasteiger charge is -2.31. The average Bonchev–Trinajstić information content (AvgIpc) is 2.69. The molecule has 1 saturated carbocycles. The van der Waals surface area contributed by atoms with Crippen LogP contribution in [0.3, 0.4) is 0 Å². The van der Waals surface area contributed by atoms with Crippen LogP contribution in [0.2, 0.25) is 0 Å². The minimum Gasteiger partial charge on any atom is -0.332 e. The van der Waals surface area contributed by atoms with Crippen molar-refractivity contribution in [1.29, 1.82) is 0 Å². The highest BCUT2D eigenvalue weighted by Gasteiger charge is 2.29. The summed E-state index contributed by atoms with van der Waals surface area (Å²) < 4.78 is 29.4. The maximum Gasteiger partial charge on any atom is 0.264 e. The highest BCUT2D eigenvalue weighted by molar-refractivity contribution is 7.86. The predicted octanol–water partition coefficient (Wildman–Crippen LogP) is 1.34. The van der Waals surface area contributed by atoms with E-state index in [0.717, 1.165) is 31.9 Å². The Hall–Kier alpha value is -0.880. The van der Waals surface area contributed by atoms with Gasteiger partial charge in [0.15, 0.2) is 0 Å². The molecule has 0 N–H and O–H groups in total. The fourth-order valence-corrected chi connectivity index (χ4v) is 2.89. The van der Waals surface area contributed by atoms with Crippen molar-refractivity contribution in [2.45, 2.75) is 37.8 Å². The third kappa shape index (κ3) is 2.82. The van der Waals surface area contributed by atoms with Crippen LogP contribution in [0, 0.1) is 0 Å². The molecule has 0 radical (unpaired) electrons. The Morgan fingerprint density at radius 2 is 2.12 bits per heavy atom. The van der Waals surface area contributed by atoms with Gasteiger partial charge >= 0.3 is 0 Å². The van der Waals surface area contributed by atoms with Crippen LogP contribution in [0.15, 0.2) is 18.7 Å². The molecule has 0 unspecified atom stereocenters. The van der Waals surface area contributed by atoms with Gasteiger partial charge in [-0.15, -0.1) is 0 Å². The second-order valence-electron chi connectivity index (χ2n) is 4.20. The van der Waals surface area contributed by atoms with Crippen LogP contribution in [0.25, 0.3) is 0 Å². The van der Waals surface area contributed by atoms with Gasteiger partial charge in [-0.3, -0.25) is 4.18 Å². The first kappa shape index (κ1) is 11.6. The van der Waals surface area contributed by atoms with E-state index in [4.69, 9.17) is 4.18 Å². The Morgan fingerprint density at radius 3 is 2.75 bits per heavy atom. The van der Waals surface area contributed by atoms with Gasteiger partial charge in [0.1, 0.15) is 0 Å². The Kier molecular flexibility index (Phi) is 3.30. The molecule has 0 saturated heterocycles. The van der Waals surface area contributed by atoms with Crippen LogP contribution in [0.4, 0.5) is 0 Å². The van der Waals surface area contributed by atoms with E-state index in [1.54, 1.807) is 12.5 Å². The van der Waals surface area contributed by atoms with Crippen molar-refractivity contribution >= 4 is 10.1 Å². The van der Waals surface area contributed by atoms with Crippen LogP contribution in [-0.2, 0) is 14.3 Å². The first-order valence-corrected chi connectivity index (χ1v) is 7.23. The van der Waals surface area contributed by atoms with E-state index < -0.39 is 10.1 Å². The lowest BCUT2D eigenvalue weighted by molar-refractivity contribution is 0.105. The SMILES string of the molecule is CS(=O)(=O)O[C@@H]1CCCC[C@H]1n1ccnc1. The van der Waals surface area contributed by atoms with Gasteiger partial charge in [-0.1, -0.05) is 12.8 Å². The van der Waals surface area contributed by atoms with Crippen LogP contribution >= 0.6 is 0 Å². The highest BCUT2D eigenvalue weighted by atomic mass is 32.2. The van der Waals surface area contributed by atoms with E-state index in [1.807, 2.05) is 10.8 Å². The van der Waals surface area contributed by atoms with Crippen molar-refractivity contribution in [3.8, 4) is 0 Å². The molecular weight excluding hydrogens is 228 g/mol. The number of imidazole rings is 1. The van der Waals surface area contributed by atoms with E-state index in [-0.39, 0.29) is 12.1 Å². The summed E-state index contributed by atoms with van der Waals surface area (Å²) in [7, 11) is -3.38. The average molecular weight is 244 g/mol. The Morgan fingerprint density at radius 1 is 1.38 bits per heavy atom. The first-order chi connectivity index (χ1) is 7.56. The largest absolute Gasteiger partial charge is 0.332 e. The predicted molar refractivity (Wildman–Crippen MR) is 59.4 cm³/mol. The first-order valence-electron chi connectivity index (χ1n) is 5.42. The van der Waals surface area contributed by atoms with Gasteiger partial charge in [0, 0.05) is 12.4 Å². The molecule has 1 aliphatic carbocycles. The fourth-order valence-electron chi connectivity index (χ4n) is 2.22. The van der Waals surface area contributed by atoms with Gasteiger partial charge in [0.05, 0.1) is 24.7 Å². The summed E-state index contributed by atoms with van der Waals surface area (Å²) in [5.41, 5.74) is 0. The van der Waals surface area contributed by atoms with Gasteiger partial charge in [0.25, 0.3) is 10.1 Å². The normalized spacial score (nSPS) is 26.8. The summed E-state index contributed by atoms with van der Waals surface area (Å²) in [5, 5.41) is 0. The number of hydrogen-bond donors (Lipinski definition) is 0. The lowest BCUT2D eigenvalue weighted by Crippen LogP contribution is -2.31. The zero-order chi connectivity index (χ0) is 11.6. The van der Waals surface area contributed by atoms with Crippen molar-refractivity contribution in [3.63, 3.8) is 0 Å². The Labute approximate surface area is 95.6 Å². The molecule has 2 atom stereocenters. The van der Waals surface area contributed by atoms with Crippen molar-refractivity contribution in [2.75, 3.05) is 6.26 Å². The zero-order valence-corrected chi connectivity index (χ0v) is 10.1. The third-order valence-corrected chi connectivity index (χ3v) is 3.47. The molecule has 0 amide bonds. The molecule has 5 nitrogen and oxygen atoms in total. The lowest BCUT2D eigenvalue weighted by atomic mass is 9.92. The maximum absolute atomic E-state index is 11.2. The summed E-state index contributed by atoms with van der Waals surface area (Å²) >= 11 is 0. The molecule has 0 aliphatic heterocycles. The molecule has 1 aromatic rings. The topological polar surface area (TPSA) is 61.2 Å². The summed E-state index contributed by atoms with van der Waals surface area (Å²) in [4.78, 5) is 3.99. The van der Waals surface area contributed by atoms with E-state index in [0.29, 0.717) is 0 Å². The minimum absolute atomic E-state index is 0.0889. The second kappa shape index (κ2) is 4.55. The quantitative estimate of drug-likeness (QED) is 0.753. The minimum atomic E-state index is -3.38. The van der Waals surface area contributed by atoms with Crippen LogP contribution in [0.1, 0.15) is 31.7 Å². The standard InChI is InChI=1S/C10H16N2O3S/c1-16(13,14)15-10-5-3-2-4-9(10)12-7-6-11-8-12/h6-10H,2-5H2,1H3/t9-,10-/m1/s1. The van der Waals surface area contributed by atoms with Gasteiger partial charge < -0.3 is 4.57 Å². The maximum atomic E-state index is 11.2. The van der Waals surface area contributed by atoms with Crippen LogP contribution < -0.4 is 0 Å². The number of nitrogens with zero attached hydrogens (tertiary/aromatic N) is 2. The number of rotatable bonds is 3. The molecular formula is C10H16N2O3S. The third-order valence-electron chi connectivity index (χ3n) is 2.87. The summed E-state index contributed by atoms with van der Waals surface area (Å²) in [6.45, 7) is 0. The molecule has 1 aliphatic rings. The van der Waals surface area contributed by atoms with Crippen molar-refractivity contribution < 1.29 is 12.6 Å². The monoisotopic (exact) mass is 244 g/mol. The van der Waals surface area contributed by atoms with Gasteiger partial charge in [0.2, 0.25) is 0 Å². The van der Waals surface area contributed by atoms with Crippen LogP contribution in [-0.4, -0.2) is 30.3 Å². The molecule has 1 aromatic heterocycles. The molecule has 2 rings (SSSR count).